The van der Waals surface area contributed by atoms with Gasteiger partial charge >= 0.3 is 5.97 Å². The number of aryl methyl sites for hydroxylation is 1. The molecule has 1 heterocycles. The first-order valence-electron chi connectivity index (χ1n) is 8.70. The average molecular weight is 348 g/mol. The second kappa shape index (κ2) is 7.02. The van der Waals surface area contributed by atoms with Gasteiger partial charge < -0.3 is 14.6 Å². The highest BCUT2D eigenvalue weighted by Crippen LogP contribution is 2.31. The number of hydrogen-bond donors (Lipinski definition) is 1. The summed E-state index contributed by atoms with van der Waals surface area (Å²) in [5, 5.41) is 0. The summed E-state index contributed by atoms with van der Waals surface area (Å²) in [5.41, 5.74) is 1.50. The van der Waals surface area contributed by atoms with Crippen molar-refractivity contribution in [3.05, 3.63) is 22.5 Å². The third-order valence-electron chi connectivity index (χ3n) is 4.94. The molecule has 0 saturated heterocycles. The molecule has 2 rings (SSSR count). The molecule has 0 aromatic carbocycles. The summed E-state index contributed by atoms with van der Waals surface area (Å²) in [4.78, 5) is 42.1. The zero-order valence-electron chi connectivity index (χ0n) is 16.0. The van der Waals surface area contributed by atoms with Gasteiger partial charge in [-0.3, -0.25) is 9.59 Å². The summed E-state index contributed by atoms with van der Waals surface area (Å²) in [6.45, 7) is 9.30. The Morgan fingerprint density at radius 3 is 2.24 bits per heavy atom. The van der Waals surface area contributed by atoms with Crippen LogP contribution in [0.3, 0.4) is 0 Å². The fourth-order valence-electron chi connectivity index (χ4n) is 3.22. The van der Waals surface area contributed by atoms with Gasteiger partial charge in [-0.25, -0.2) is 4.79 Å². The SMILES string of the molecule is COC(=O)c1[nH]c(C)c(C(=O)CN(C(=O)C2CCC2)C(C)(C)C)c1C. The Hall–Kier alpha value is -2.11. The van der Waals surface area contributed by atoms with E-state index < -0.39 is 11.5 Å². The van der Waals surface area contributed by atoms with Crippen molar-refractivity contribution in [2.45, 2.75) is 59.4 Å². The van der Waals surface area contributed by atoms with Gasteiger partial charge in [0.15, 0.2) is 5.78 Å². The number of nitrogens with zero attached hydrogens (tertiary/aromatic N) is 1. The maximum Gasteiger partial charge on any atom is 0.354 e. The van der Waals surface area contributed by atoms with Crippen molar-refractivity contribution in [3.63, 3.8) is 0 Å². The Morgan fingerprint density at radius 2 is 1.80 bits per heavy atom. The zero-order valence-corrected chi connectivity index (χ0v) is 16.0. The van der Waals surface area contributed by atoms with E-state index in [0.717, 1.165) is 19.3 Å². The summed E-state index contributed by atoms with van der Waals surface area (Å²) >= 11 is 0. The molecule has 0 unspecified atom stereocenters. The monoisotopic (exact) mass is 348 g/mol. The van der Waals surface area contributed by atoms with Gasteiger partial charge in [0.2, 0.25) is 5.91 Å². The summed E-state index contributed by atoms with van der Waals surface area (Å²) in [5.74, 6) is -0.584. The molecule has 0 bridgehead atoms. The van der Waals surface area contributed by atoms with Crippen molar-refractivity contribution >= 4 is 17.7 Å². The van der Waals surface area contributed by atoms with Gasteiger partial charge in [-0.1, -0.05) is 6.42 Å². The second-order valence-corrected chi connectivity index (χ2v) is 7.76. The molecule has 6 heteroatoms. The number of amides is 1. The van der Waals surface area contributed by atoms with Crippen LogP contribution in [0.2, 0.25) is 0 Å². The molecule has 1 saturated carbocycles. The Balaban J connectivity index is 2.28. The second-order valence-electron chi connectivity index (χ2n) is 7.76. The fraction of sp³-hybridized carbons (Fsp3) is 0.632. The molecule has 1 N–H and O–H groups in total. The van der Waals surface area contributed by atoms with Gasteiger partial charge in [-0.2, -0.15) is 0 Å². The normalized spacial score (nSPS) is 14.8. The number of aromatic amines is 1. The molecule has 1 aromatic rings. The van der Waals surface area contributed by atoms with Crippen molar-refractivity contribution in [2.24, 2.45) is 5.92 Å². The van der Waals surface area contributed by atoms with E-state index in [9.17, 15) is 14.4 Å². The lowest BCUT2D eigenvalue weighted by molar-refractivity contribution is -0.142. The third kappa shape index (κ3) is 3.78. The molecule has 0 spiro atoms. The lowest BCUT2D eigenvalue weighted by atomic mass is 9.83. The molecular weight excluding hydrogens is 320 g/mol. The average Bonchev–Trinajstić information content (AvgIpc) is 2.75. The zero-order chi connectivity index (χ0) is 18.9. The number of rotatable bonds is 5. The number of methoxy groups -OCH3 is 1. The number of esters is 1. The van der Waals surface area contributed by atoms with Gasteiger partial charge in [0.25, 0.3) is 0 Å². The minimum absolute atomic E-state index is 0.0129. The number of carbonyl (C=O) groups excluding carboxylic acids is 3. The Morgan fingerprint density at radius 1 is 1.20 bits per heavy atom. The minimum Gasteiger partial charge on any atom is -0.464 e. The van der Waals surface area contributed by atoms with E-state index in [-0.39, 0.29) is 29.8 Å². The van der Waals surface area contributed by atoms with Crippen LogP contribution in [0.25, 0.3) is 0 Å². The molecule has 1 aliphatic carbocycles. The van der Waals surface area contributed by atoms with Crippen molar-refractivity contribution < 1.29 is 19.1 Å². The summed E-state index contributed by atoms with van der Waals surface area (Å²) in [6.07, 6.45) is 2.86. The highest BCUT2D eigenvalue weighted by Gasteiger charge is 2.36. The number of nitrogens with one attached hydrogen (secondary N) is 1. The Bertz CT molecular complexity index is 693. The van der Waals surface area contributed by atoms with Crippen LogP contribution in [0.5, 0.6) is 0 Å². The first-order valence-corrected chi connectivity index (χ1v) is 8.70. The molecule has 1 fully saturated rings. The van der Waals surface area contributed by atoms with Crippen LogP contribution >= 0.6 is 0 Å². The number of Topliss-reactive ketones (excluding diaryl/α,β-unsaturated/α-hetero) is 1. The molecule has 0 aliphatic heterocycles. The van der Waals surface area contributed by atoms with E-state index in [1.165, 1.54) is 7.11 Å². The molecule has 1 aliphatic rings. The van der Waals surface area contributed by atoms with Gasteiger partial charge in [0.05, 0.1) is 13.7 Å². The number of H-pyrrole nitrogens is 1. The van der Waals surface area contributed by atoms with Crippen LogP contribution in [0.1, 0.15) is 72.1 Å². The molecule has 138 valence electrons. The van der Waals surface area contributed by atoms with Gasteiger partial charge in [0.1, 0.15) is 5.69 Å². The van der Waals surface area contributed by atoms with Crippen molar-refractivity contribution in [3.8, 4) is 0 Å². The fourth-order valence-corrected chi connectivity index (χ4v) is 3.22. The number of aromatic nitrogens is 1. The number of hydrogen-bond acceptors (Lipinski definition) is 4. The smallest absolute Gasteiger partial charge is 0.354 e. The number of ether oxygens (including phenoxy) is 1. The molecule has 1 aromatic heterocycles. The van der Waals surface area contributed by atoms with E-state index in [2.05, 4.69) is 4.98 Å². The van der Waals surface area contributed by atoms with E-state index >= 15 is 0 Å². The third-order valence-corrected chi connectivity index (χ3v) is 4.94. The van der Waals surface area contributed by atoms with Crippen LogP contribution in [-0.4, -0.2) is 46.7 Å². The van der Waals surface area contributed by atoms with E-state index in [1.54, 1.807) is 18.7 Å². The standard InChI is InChI=1S/C19H28N2O4/c1-11-15(12(2)20-16(11)18(24)25-6)14(22)10-21(19(3,4)5)17(23)13-8-7-9-13/h13,20H,7-10H2,1-6H3. The van der Waals surface area contributed by atoms with Crippen LogP contribution in [0, 0.1) is 19.8 Å². The Labute approximate surface area is 148 Å². The van der Waals surface area contributed by atoms with E-state index in [1.807, 2.05) is 20.8 Å². The molecular formula is C19H28N2O4. The Kier molecular flexibility index (Phi) is 5.40. The van der Waals surface area contributed by atoms with Crippen molar-refractivity contribution in [1.82, 2.24) is 9.88 Å². The maximum atomic E-state index is 12.9. The largest absolute Gasteiger partial charge is 0.464 e. The van der Waals surface area contributed by atoms with Crippen molar-refractivity contribution in [1.29, 1.82) is 0 Å². The number of carbonyl (C=O) groups is 3. The molecule has 0 atom stereocenters. The highest BCUT2D eigenvalue weighted by atomic mass is 16.5. The number of ketones is 1. The first kappa shape index (κ1) is 19.2. The van der Waals surface area contributed by atoms with Crippen LogP contribution in [0.4, 0.5) is 0 Å². The predicted molar refractivity (Wildman–Crippen MR) is 94.7 cm³/mol. The predicted octanol–water partition coefficient (Wildman–Crippen LogP) is 3.03. The maximum absolute atomic E-state index is 12.9. The summed E-state index contributed by atoms with van der Waals surface area (Å²) in [6, 6.07) is 0. The van der Waals surface area contributed by atoms with Gasteiger partial charge in [0, 0.05) is 22.7 Å². The van der Waals surface area contributed by atoms with Gasteiger partial charge in [-0.05, 0) is 53.0 Å². The molecule has 25 heavy (non-hydrogen) atoms. The highest BCUT2D eigenvalue weighted by molar-refractivity contribution is 6.04. The van der Waals surface area contributed by atoms with Crippen LogP contribution < -0.4 is 0 Å². The molecule has 0 radical (unpaired) electrons. The van der Waals surface area contributed by atoms with Crippen LogP contribution in [-0.2, 0) is 9.53 Å². The lowest BCUT2D eigenvalue weighted by Crippen LogP contribution is -2.51. The molecule has 6 nitrogen and oxygen atoms in total. The van der Waals surface area contributed by atoms with E-state index in [0.29, 0.717) is 16.8 Å². The summed E-state index contributed by atoms with van der Waals surface area (Å²) in [7, 11) is 1.30. The topological polar surface area (TPSA) is 79.5 Å². The first-order chi connectivity index (χ1) is 11.6. The van der Waals surface area contributed by atoms with E-state index in [4.69, 9.17) is 4.74 Å². The van der Waals surface area contributed by atoms with Gasteiger partial charge in [-0.15, -0.1) is 0 Å². The lowest BCUT2D eigenvalue weighted by Gasteiger charge is -2.39. The minimum atomic E-state index is -0.502. The van der Waals surface area contributed by atoms with Crippen LogP contribution in [0.15, 0.2) is 0 Å². The van der Waals surface area contributed by atoms with Crippen molar-refractivity contribution in [2.75, 3.05) is 13.7 Å². The summed E-state index contributed by atoms with van der Waals surface area (Å²) < 4.78 is 4.75. The quantitative estimate of drug-likeness (QED) is 0.655. The molecule has 1 amide bonds.